The molecule has 1 fully saturated rings. The summed E-state index contributed by atoms with van der Waals surface area (Å²) in [6, 6.07) is 14.6. The van der Waals surface area contributed by atoms with Gasteiger partial charge in [0.1, 0.15) is 5.75 Å². The minimum atomic E-state index is 0.586. The minimum absolute atomic E-state index is 0.586. The number of nitrogens with one attached hydrogen (secondary N) is 2. The van der Waals surface area contributed by atoms with Crippen LogP contribution in [-0.2, 0) is 0 Å². The first kappa shape index (κ1) is 23.4. The number of hydrogen-bond acceptors (Lipinski definition) is 4. The molecule has 6 nitrogen and oxygen atoms in total. The van der Waals surface area contributed by atoms with Crippen molar-refractivity contribution in [3.05, 3.63) is 42.5 Å². The lowest BCUT2D eigenvalue weighted by Gasteiger charge is -2.35. The van der Waals surface area contributed by atoms with Crippen LogP contribution < -0.4 is 15.4 Å². The van der Waals surface area contributed by atoms with E-state index in [1.165, 1.54) is 43.5 Å². The maximum atomic E-state index is 5.92. The van der Waals surface area contributed by atoms with Crippen LogP contribution in [0.25, 0.3) is 10.8 Å². The van der Waals surface area contributed by atoms with Crippen LogP contribution in [0.2, 0.25) is 0 Å². The third-order valence-corrected chi connectivity index (χ3v) is 5.93. The summed E-state index contributed by atoms with van der Waals surface area (Å²) >= 11 is 0. The number of guanidine groups is 1. The van der Waals surface area contributed by atoms with Gasteiger partial charge in [-0.1, -0.05) is 44.2 Å². The molecule has 1 unspecified atom stereocenters. The maximum Gasteiger partial charge on any atom is 0.190 e. The largest absolute Gasteiger partial charge is 0.494 e. The molecule has 2 N–H and O–H groups in total. The van der Waals surface area contributed by atoms with Gasteiger partial charge in [0, 0.05) is 52.9 Å². The van der Waals surface area contributed by atoms with Crippen LogP contribution in [0, 0.1) is 5.92 Å². The van der Waals surface area contributed by atoms with E-state index in [1.54, 1.807) is 0 Å². The van der Waals surface area contributed by atoms with Gasteiger partial charge in [-0.2, -0.15) is 0 Å². The standard InChI is InChI=1S/C25H39N5O/c1-4-29-13-15-30(16-14-29)20-21(2)19-28-25(26-3)27-12-7-17-31-24-11-10-22-8-5-6-9-23(22)18-24/h5-6,8-11,18,21H,4,7,12-17,19-20H2,1-3H3,(H2,26,27,28). The lowest BCUT2D eigenvalue weighted by Crippen LogP contribution is -2.48. The second kappa shape index (κ2) is 12.5. The highest BCUT2D eigenvalue weighted by Gasteiger charge is 2.17. The Hall–Kier alpha value is -2.31. The Balaban J connectivity index is 1.28. The van der Waals surface area contributed by atoms with E-state index in [4.69, 9.17) is 4.74 Å². The summed E-state index contributed by atoms with van der Waals surface area (Å²) in [4.78, 5) is 9.46. The molecule has 6 heteroatoms. The number of nitrogens with zero attached hydrogens (tertiary/aromatic N) is 3. The van der Waals surface area contributed by atoms with E-state index in [0.29, 0.717) is 12.5 Å². The van der Waals surface area contributed by atoms with Gasteiger partial charge in [0.25, 0.3) is 0 Å². The van der Waals surface area contributed by atoms with E-state index >= 15 is 0 Å². The van der Waals surface area contributed by atoms with Crippen molar-refractivity contribution >= 4 is 16.7 Å². The first-order valence-electron chi connectivity index (χ1n) is 11.7. The molecule has 0 radical (unpaired) electrons. The molecule has 2 aromatic carbocycles. The summed E-state index contributed by atoms with van der Waals surface area (Å²) < 4.78 is 5.92. The number of benzene rings is 2. The Morgan fingerprint density at radius 2 is 1.77 bits per heavy atom. The van der Waals surface area contributed by atoms with Crippen LogP contribution in [0.1, 0.15) is 20.3 Å². The molecule has 1 atom stereocenters. The van der Waals surface area contributed by atoms with E-state index in [-0.39, 0.29) is 0 Å². The molecule has 2 aromatic rings. The number of fused-ring (bicyclic) bond motifs is 1. The summed E-state index contributed by atoms with van der Waals surface area (Å²) in [6.07, 6.45) is 0.921. The molecule has 31 heavy (non-hydrogen) atoms. The van der Waals surface area contributed by atoms with Crippen molar-refractivity contribution in [2.75, 3.05) is 66.0 Å². The van der Waals surface area contributed by atoms with E-state index in [1.807, 2.05) is 13.1 Å². The van der Waals surface area contributed by atoms with Crippen LogP contribution in [0.15, 0.2) is 47.5 Å². The lowest BCUT2D eigenvalue weighted by atomic mass is 10.1. The van der Waals surface area contributed by atoms with Gasteiger partial charge >= 0.3 is 0 Å². The molecule has 3 rings (SSSR count). The zero-order valence-corrected chi connectivity index (χ0v) is 19.4. The minimum Gasteiger partial charge on any atom is -0.494 e. The molecule has 0 aliphatic carbocycles. The van der Waals surface area contributed by atoms with Crippen molar-refractivity contribution in [3.63, 3.8) is 0 Å². The highest BCUT2D eigenvalue weighted by molar-refractivity contribution is 5.83. The predicted octanol–water partition coefficient (Wildman–Crippen LogP) is 3.05. The third-order valence-electron chi connectivity index (χ3n) is 5.93. The number of ether oxygens (including phenoxy) is 1. The van der Waals surface area contributed by atoms with E-state index in [2.05, 4.69) is 75.7 Å². The lowest BCUT2D eigenvalue weighted by molar-refractivity contribution is 0.124. The Morgan fingerprint density at radius 3 is 2.52 bits per heavy atom. The van der Waals surface area contributed by atoms with Crippen molar-refractivity contribution in [3.8, 4) is 5.75 Å². The Morgan fingerprint density at radius 1 is 1.03 bits per heavy atom. The van der Waals surface area contributed by atoms with Crippen LogP contribution in [0.4, 0.5) is 0 Å². The van der Waals surface area contributed by atoms with Gasteiger partial charge in [0.2, 0.25) is 0 Å². The van der Waals surface area contributed by atoms with E-state index < -0.39 is 0 Å². The van der Waals surface area contributed by atoms with Crippen LogP contribution in [0.3, 0.4) is 0 Å². The molecular weight excluding hydrogens is 386 g/mol. The first-order valence-corrected chi connectivity index (χ1v) is 11.7. The van der Waals surface area contributed by atoms with Gasteiger partial charge in [0.15, 0.2) is 5.96 Å². The summed E-state index contributed by atoms with van der Waals surface area (Å²) in [5.74, 6) is 2.38. The second-order valence-corrected chi connectivity index (χ2v) is 8.43. The van der Waals surface area contributed by atoms with Gasteiger partial charge in [-0.3, -0.25) is 4.99 Å². The van der Waals surface area contributed by atoms with Crippen LogP contribution in [-0.4, -0.2) is 81.8 Å². The fourth-order valence-electron chi connectivity index (χ4n) is 4.01. The Bertz CT molecular complexity index is 816. The van der Waals surface area contributed by atoms with Gasteiger partial charge in [-0.05, 0) is 41.8 Å². The fourth-order valence-corrected chi connectivity index (χ4v) is 4.01. The summed E-state index contributed by atoms with van der Waals surface area (Å²) in [6.45, 7) is 14.1. The number of piperazine rings is 1. The molecule has 1 aliphatic heterocycles. The summed E-state index contributed by atoms with van der Waals surface area (Å²) in [5, 5.41) is 9.32. The Labute approximate surface area is 187 Å². The molecular formula is C25H39N5O. The summed E-state index contributed by atoms with van der Waals surface area (Å²) in [7, 11) is 1.83. The number of aliphatic imine (C=N–C) groups is 1. The SMILES string of the molecule is CCN1CCN(CC(C)CNC(=NC)NCCCOc2ccc3ccccc3c2)CC1. The van der Waals surface area contributed by atoms with Gasteiger partial charge < -0.3 is 25.2 Å². The normalized spacial score (nSPS) is 16.9. The first-order chi connectivity index (χ1) is 15.2. The molecule has 0 spiro atoms. The summed E-state index contributed by atoms with van der Waals surface area (Å²) in [5.41, 5.74) is 0. The second-order valence-electron chi connectivity index (χ2n) is 8.43. The highest BCUT2D eigenvalue weighted by atomic mass is 16.5. The zero-order valence-electron chi connectivity index (χ0n) is 19.4. The Kier molecular flexibility index (Phi) is 9.43. The number of likely N-dealkylation sites (N-methyl/N-ethyl adjacent to an activating group) is 1. The van der Waals surface area contributed by atoms with E-state index in [9.17, 15) is 0 Å². The highest BCUT2D eigenvalue weighted by Crippen LogP contribution is 2.20. The topological polar surface area (TPSA) is 52.1 Å². The van der Waals surface area contributed by atoms with Crippen molar-refractivity contribution in [1.82, 2.24) is 20.4 Å². The van der Waals surface area contributed by atoms with Crippen molar-refractivity contribution in [1.29, 1.82) is 0 Å². The molecule has 0 amide bonds. The van der Waals surface area contributed by atoms with Crippen molar-refractivity contribution in [2.24, 2.45) is 10.9 Å². The molecule has 170 valence electrons. The van der Waals surface area contributed by atoms with Crippen molar-refractivity contribution in [2.45, 2.75) is 20.3 Å². The quantitative estimate of drug-likeness (QED) is 0.348. The molecule has 1 heterocycles. The van der Waals surface area contributed by atoms with Gasteiger partial charge in [-0.25, -0.2) is 0 Å². The van der Waals surface area contributed by atoms with E-state index in [0.717, 1.165) is 37.8 Å². The number of hydrogen-bond donors (Lipinski definition) is 2. The molecule has 0 aromatic heterocycles. The van der Waals surface area contributed by atoms with Crippen LogP contribution >= 0.6 is 0 Å². The fraction of sp³-hybridized carbons (Fsp3) is 0.560. The van der Waals surface area contributed by atoms with Gasteiger partial charge in [0.05, 0.1) is 6.61 Å². The predicted molar refractivity (Wildman–Crippen MR) is 131 cm³/mol. The average molecular weight is 426 g/mol. The molecule has 1 saturated heterocycles. The average Bonchev–Trinajstić information content (AvgIpc) is 2.81. The smallest absolute Gasteiger partial charge is 0.190 e. The van der Waals surface area contributed by atoms with Crippen molar-refractivity contribution < 1.29 is 4.74 Å². The van der Waals surface area contributed by atoms with Crippen LogP contribution in [0.5, 0.6) is 5.75 Å². The van der Waals surface area contributed by atoms with Gasteiger partial charge in [-0.15, -0.1) is 0 Å². The third kappa shape index (κ3) is 7.71. The zero-order chi connectivity index (χ0) is 21.9. The molecule has 0 bridgehead atoms. The monoisotopic (exact) mass is 425 g/mol. The number of rotatable bonds is 10. The maximum absolute atomic E-state index is 5.92. The molecule has 0 saturated carbocycles. The molecule has 1 aliphatic rings.